The molecule has 0 aliphatic carbocycles. The minimum absolute atomic E-state index is 0.362. The number of phenols is 1. The predicted octanol–water partition coefficient (Wildman–Crippen LogP) is 2.21. The lowest BCUT2D eigenvalue weighted by atomic mass is 10.1. The Labute approximate surface area is 90.1 Å². The molecule has 1 atom stereocenters. The molecule has 3 nitrogen and oxygen atoms in total. The normalized spacial score (nSPS) is 20.5. The molecule has 0 bridgehead atoms. The lowest BCUT2D eigenvalue weighted by Gasteiger charge is -2.15. The summed E-state index contributed by atoms with van der Waals surface area (Å²) in [7, 11) is 0. The van der Waals surface area contributed by atoms with Crippen molar-refractivity contribution in [2.75, 3.05) is 18.5 Å². The predicted molar refractivity (Wildman–Crippen MR) is 60.4 cm³/mol. The monoisotopic (exact) mass is 207 g/mol. The summed E-state index contributed by atoms with van der Waals surface area (Å²) in [4.78, 5) is 0. The van der Waals surface area contributed by atoms with Gasteiger partial charge >= 0.3 is 0 Å². The SMILES string of the molecule is Cc1cc(NC2CCOC2)c(C)cc1O. The van der Waals surface area contributed by atoms with Gasteiger partial charge in [0, 0.05) is 12.3 Å². The van der Waals surface area contributed by atoms with Gasteiger partial charge in [0.1, 0.15) is 5.75 Å². The minimum Gasteiger partial charge on any atom is -0.508 e. The zero-order valence-corrected chi connectivity index (χ0v) is 9.21. The average Bonchev–Trinajstić information content (AvgIpc) is 2.67. The van der Waals surface area contributed by atoms with E-state index in [-0.39, 0.29) is 0 Å². The van der Waals surface area contributed by atoms with Gasteiger partial charge in [-0.15, -0.1) is 0 Å². The van der Waals surface area contributed by atoms with Crippen LogP contribution in [0, 0.1) is 13.8 Å². The summed E-state index contributed by atoms with van der Waals surface area (Å²) in [5.74, 6) is 0.362. The van der Waals surface area contributed by atoms with Crippen LogP contribution < -0.4 is 5.32 Å². The molecule has 1 aliphatic heterocycles. The van der Waals surface area contributed by atoms with E-state index in [2.05, 4.69) is 5.32 Å². The van der Waals surface area contributed by atoms with Crippen LogP contribution >= 0.6 is 0 Å². The quantitative estimate of drug-likeness (QED) is 0.730. The highest BCUT2D eigenvalue weighted by atomic mass is 16.5. The van der Waals surface area contributed by atoms with Gasteiger partial charge in [0.25, 0.3) is 0 Å². The second-order valence-electron chi connectivity index (χ2n) is 4.16. The van der Waals surface area contributed by atoms with Crippen molar-refractivity contribution in [2.24, 2.45) is 0 Å². The fraction of sp³-hybridized carbons (Fsp3) is 0.500. The maximum absolute atomic E-state index is 9.53. The van der Waals surface area contributed by atoms with Crippen LogP contribution in [0.1, 0.15) is 17.5 Å². The zero-order valence-electron chi connectivity index (χ0n) is 9.21. The molecule has 82 valence electrons. The van der Waals surface area contributed by atoms with Crippen LogP contribution in [-0.4, -0.2) is 24.4 Å². The summed E-state index contributed by atoms with van der Waals surface area (Å²) < 4.78 is 5.31. The Hall–Kier alpha value is -1.22. The fourth-order valence-corrected chi connectivity index (χ4v) is 1.82. The number of phenolic OH excluding ortho intramolecular Hbond substituents is 1. The lowest BCUT2D eigenvalue weighted by Crippen LogP contribution is -2.19. The highest BCUT2D eigenvalue weighted by molar-refractivity contribution is 5.57. The van der Waals surface area contributed by atoms with Gasteiger partial charge in [-0.2, -0.15) is 0 Å². The molecule has 3 heteroatoms. The molecule has 1 aromatic rings. The Balaban J connectivity index is 2.16. The van der Waals surface area contributed by atoms with Crippen LogP contribution in [0.3, 0.4) is 0 Å². The van der Waals surface area contributed by atoms with E-state index >= 15 is 0 Å². The number of rotatable bonds is 2. The topological polar surface area (TPSA) is 41.5 Å². The van der Waals surface area contributed by atoms with Crippen molar-refractivity contribution in [3.05, 3.63) is 23.3 Å². The van der Waals surface area contributed by atoms with Crippen LogP contribution in [0.25, 0.3) is 0 Å². The summed E-state index contributed by atoms with van der Waals surface area (Å²) in [6.45, 7) is 5.52. The summed E-state index contributed by atoms with van der Waals surface area (Å²) in [6, 6.07) is 4.20. The third-order valence-corrected chi connectivity index (χ3v) is 2.83. The number of hydrogen-bond donors (Lipinski definition) is 2. The number of anilines is 1. The van der Waals surface area contributed by atoms with Gasteiger partial charge < -0.3 is 15.2 Å². The van der Waals surface area contributed by atoms with Crippen LogP contribution in [0.2, 0.25) is 0 Å². The van der Waals surface area contributed by atoms with Gasteiger partial charge in [-0.3, -0.25) is 0 Å². The molecule has 1 aliphatic rings. The molecule has 1 fully saturated rings. The molecule has 0 radical (unpaired) electrons. The first-order valence-corrected chi connectivity index (χ1v) is 5.31. The average molecular weight is 207 g/mol. The van der Waals surface area contributed by atoms with Crippen LogP contribution in [-0.2, 0) is 4.74 Å². The molecule has 1 unspecified atom stereocenters. The van der Waals surface area contributed by atoms with Crippen LogP contribution in [0.5, 0.6) is 5.75 Å². The molecule has 2 rings (SSSR count). The number of aromatic hydroxyl groups is 1. The maximum atomic E-state index is 9.53. The van der Waals surface area contributed by atoms with Crippen molar-refractivity contribution >= 4 is 5.69 Å². The molecule has 0 amide bonds. The van der Waals surface area contributed by atoms with Gasteiger partial charge in [0.2, 0.25) is 0 Å². The first-order chi connectivity index (χ1) is 7.16. The number of benzene rings is 1. The molecule has 0 saturated carbocycles. The number of ether oxygens (including phenoxy) is 1. The summed E-state index contributed by atoms with van der Waals surface area (Å²) in [5, 5.41) is 13.0. The fourth-order valence-electron chi connectivity index (χ4n) is 1.82. The number of nitrogens with one attached hydrogen (secondary N) is 1. The second kappa shape index (κ2) is 4.11. The third-order valence-electron chi connectivity index (χ3n) is 2.83. The Morgan fingerprint density at radius 1 is 1.33 bits per heavy atom. The molecule has 1 saturated heterocycles. The minimum atomic E-state index is 0.362. The Bertz CT molecular complexity index is 357. The molecule has 1 aromatic carbocycles. The van der Waals surface area contributed by atoms with Gasteiger partial charge in [-0.05, 0) is 43.5 Å². The molecular formula is C12H17NO2. The third kappa shape index (κ3) is 2.23. The molecular weight excluding hydrogens is 190 g/mol. The summed E-state index contributed by atoms with van der Waals surface area (Å²) >= 11 is 0. The van der Waals surface area contributed by atoms with E-state index in [1.165, 1.54) is 0 Å². The maximum Gasteiger partial charge on any atom is 0.118 e. The molecule has 15 heavy (non-hydrogen) atoms. The van der Waals surface area contributed by atoms with E-state index in [0.717, 1.165) is 36.4 Å². The van der Waals surface area contributed by atoms with Crippen molar-refractivity contribution in [3.8, 4) is 5.75 Å². The summed E-state index contributed by atoms with van der Waals surface area (Å²) in [6.07, 6.45) is 1.05. The van der Waals surface area contributed by atoms with E-state index in [0.29, 0.717) is 11.8 Å². The summed E-state index contributed by atoms with van der Waals surface area (Å²) in [5.41, 5.74) is 3.08. The van der Waals surface area contributed by atoms with E-state index in [1.54, 1.807) is 6.07 Å². The zero-order chi connectivity index (χ0) is 10.8. The Morgan fingerprint density at radius 3 is 2.80 bits per heavy atom. The Morgan fingerprint density at radius 2 is 2.13 bits per heavy atom. The van der Waals surface area contributed by atoms with E-state index in [9.17, 15) is 5.11 Å². The van der Waals surface area contributed by atoms with Gasteiger partial charge in [-0.1, -0.05) is 0 Å². The molecule has 2 N–H and O–H groups in total. The van der Waals surface area contributed by atoms with Gasteiger partial charge in [0.15, 0.2) is 0 Å². The highest BCUT2D eigenvalue weighted by Gasteiger charge is 2.16. The largest absolute Gasteiger partial charge is 0.508 e. The van der Waals surface area contributed by atoms with Crippen molar-refractivity contribution in [1.82, 2.24) is 0 Å². The molecule has 0 spiro atoms. The number of hydrogen-bond acceptors (Lipinski definition) is 3. The van der Waals surface area contributed by atoms with Crippen molar-refractivity contribution in [1.29, 1.82) is 0 Å². The van der Waals surface area contributed by atoms with Crippen LogP contribution in [0.4, 0.5) is 5.69 Å². The standard InChI is InChI=1S/C12H17NO2/c1-8-6-12(14)9(2)5-11(8)13-10-3-4-15-7-10/h5-6,10,13-14H,3-4,7H2,1-2H3. The number of aryl methyl sites for hydroxylation is 2. The second-order valence-corrected chi connectivity index (χ2v) is 4.16. The van der Waals surface area contributed by atoms with Gasteiger partial charge in [-0.25, -0.2) is 0 Å². The smallest absolute Gasteiger partial charge is 0.118 e. The van der Waals surface area contributed by atoms with Crippen LogP contribution in [0.15, 0.2) is 12.1 Å². The highest BCUT2D eigenvalue weighted by Crippen LogP contribution is 2.26. The van der Waals surface area contributed by atoms with Crippen molar-refractivity contribution < 1.29 is 9.84 Å². The Kier molecular flexibility index (Phi) is 2.82. The van der Waals surface area contributed by atoms with Crippen molar-refractivity contribution in [2.45, 2.75) is 26.3 Å². The first-order valence-electron chi connectivity index (χ1n) is 5.31. The van der Waals surface area contributed by atoms with E-state index in [4.69, 9.17) is 4.74 Å². The van der Waals surface area contributed by atoms with E-state index < -0.39 is 0 Å². The molecule has 1 heterocycles. The lowest BCUT2D eigenvalue weighted by molar-refractivity contribution is 0.195. The van der Waals surface area contributed by atoms with E-state index in [1.807, 2.05) is 19.9 Å². The molecule has 0 aromatic heterocycles. The first kappa shape index (κ1) is 10.3. The van der Waals surface area contributed by atoms with Crippen molar-refractivity contribution in [3.63, 3.8) is 0 Å². The van der Waals surface area contributed by atoms with Gasteiger partial charge in [0.05, 0.1) is 12.6 Å².